The normalized spacial score (nSPS) is 12.7. The molecular formula is C11H11ClN2O5S. The molecule has 108 valence electrons. The van der Waals surface area contributed by atoms with E-state index < -0.39 is 22.1 Å². The molecule has 1 aromatic carbocycles. The van der Waals surface area contributed by atoms with Gasteiger partial charge in [-0.3, -0.25) is 0 Å². The Kier molecular flexibility index (Phi) is 5.47. The van der Waals surface area contributed by atoms with Crippen LogP contribution < -0.4 is 4.72 Å². The summed E-state index contributed by atoms with van der Waals surface area (Å²) in [5.41, 5.74) is -0.0827. The van der Waals surface area contributed by atoms with E-state index in [1.54, 1.807) is 6.07 Å². The number of aliphatic hydroxyl groups is 1. The molecule has 3 N–H and O–H groups in total. The first-order chi connectivity index (χ1) is 9.27. The standard InChI is InChI=1S/C11H11ClN2O5S/c12-8-2-1-7(6-13)10(5-8)20(18,19)14-4-3-9(15)11(16)17/h1-2,5,9,14-15H,3-4H2,(H,16,17)/t9-/m0/s1. The second kappa shape index (κ2) is 6.67. The van der Waals surface area contributed by atoms with E-state index in [1.165, 1.54) is 12.1 Å². The number of nitrogens with zero attached hydrogens (tertiary/aromatic N) is 1. The highest BCUT2D eigenvalue weighted by molar-refractivity contribution is 7.89. The van der Waals surface area contributed by atoms with E-state index in [2.05, 4.69) is 4.72 Å². The molecule has 0 spiro atoms. The van der Waals surface area contributed by atoms with Gasteiger partial charge in [-0.15, -0.1) is 0 Å². The fourth-order valence-corrected chi connectivity index (χ4v) is 2.81. The van der Waals surface area contributed by atoms with Gasteiger partial charge in [-0.1, -0.05) is 11.6 Å². The van der Waals surface area contributed by atoms with Crippen LogP contribution in [0, 0.1) is 11.3 Å². The number of carboxylic acids is 1. The molecule has 0 aliphatic rings. The van der Waals surface area contributed by atoms with Gasteiger partial charge >= 0.3 is 5.97 Å². The van der Waals surface area contributed by atoms with Crippen LogP contribution >= 0.6 is 11.6 Å². The molecule has 0 heterocycles. The first-order valence-corrected chi connectivity index (χ1v) is 7.24. The molecule has 0 bridgehead atoms. The quantitative estimate of drug-likeness (QED) is 0.693. The minimum Gasteiger partial charge on any atom is -0.479 e. The fourth-order valence-electron chi connectivity index (χ4n) is 1.34. The average Bonchev–Trinajstić information content (AvgIpc) is 2.38. The minimum absolute atomic E-state index is 0.0827. The molecule has 0 aliphatic heterocycles. The van der Waals surface area contributed by atoms with Gasteiger partial charge in [-0.05, 0) is 24.6 Å². The Morgan fingerprint density at radius 2 is 2.15 bits per heavy atom. The number of hydrogen-bond acceptors (Lipinski definition) is 5. The maximum absolute atomic E-state index is 12.0. The third kappa shape index (κ3) is 4.18. The number of hydrogen-bond donors (Lipinski definition) is 3. The maximum Gasteiger partial charge on any atom is 0.332 e. The van der Waals surface area contributed by atoms with Crippen molar-refractivity contribution < 1.29 is 23.4 Å². The molecule has 1 rings (SSSR count). The van der Waals surface area contributed by atoms with E-state index in [4.69, 9.17) is 27.1 Å². The van der Waals surface area contributed by atoms with Gasteiger partial charge in [-0.2, -0.15) is 5.26 Å². The predicted molar refractivity (Wildman–Crippen MR) is 69.6 cm³/mol. The van der Waals surface area contributed by atoms with Gasteiger partial charge in [-0.25, -0.2) is 17.9 Å². The van der Waals surface area contributed by atoms with E-state index in [9.17, 15) is 13.2 Å². The van der Waals surface area contributed by atoms with Crippen molar-refractivity contribution in [2.24, 2.45) is 0 Å². The fraction of sp³-hybridized carbons (Fsp3) is 0.273. The third-order valence-electron chi connectivity index (χ3n) is 2.35. The summed E-state index contributed by atoms with van der Waals surface area (Å²) >= 11 is 5.69. The van der Waals surface area contributed by atoms with Crippen LogP contribution in [0.1, 0.15) is 12.0 Å². The van der Waals surface area contributed by atoms with E-state index in [-0.39, 0.29) is 28.4 Å². The molecule has 0 radical (unpaired) electrons. The van der Waals surface area contributed by atoms with Gasteiger partial charge in [0, 0.05) is 11.6 Å². The lowest BCUT2D eigenvalue weighted by Gasteiger charge is -2.09. The third-order valence-corrected chi connectivity index (χ3v) is 4.08. The van der Waals surface area contributed by atoms with Gasteiger partial charge in [0.05, 0.1) is 5.56 Å². The van der Waals surface area contributed by atoms with Crippen LogP contribution in [-0.2, 0) is 14.8 Å². The van der Waals surface area contributed by atoms with Crippen LogP contribution in [0.5, 0.6) is 0 Å². The van der Waals surface area contributed by atoms with Gasteiger partial charge in [0.15, 0.2) is 6.10 Å². The van der Waals surface area contributed by atoms with Crippen LogP contribution in [0.25, 0.3) is 0 Å². The molecule has 9 heteroatoms. The highest BCUT2D eigenvalue weighted by atomic mass is 35.5. The van der Waals surface area contributed by atoms with Gasteiger partial charge < -0.3 is 10.2 Å². The number of nitriles is 1. The predicted octanol–water partition coefficient (Wildman–Crippen LogP) is 0.326. The number of benzene rings is 1. The van der Waals surface area contributed by atoms with Crippen LogP contribution in [0.2, 0.25) is 5.02 Å². The van der Waals surface area contributed by atoms with E-state index in [0.29, 0.717) is 0 Å². The van der Waals surface area contributed by atoms with Crippen molar-refractivity contribution in [1.29, 1.82) is 5.26 Å². The number of aliphatic carboxylic acids is 1. The van der Waals surface area contributed by atoms with Crippen molar-refractivity contribution in [2.75, 3.05) is 6.54 Å². The van der Waals surface area contributed by atoms with E-state index >= 15 is 0 Å². The van der Waals surface area contributed by atoms with Crippen molar-refractivity contribution in [2.45, 2.75) is 17.4 Å². The zero-order chi connectivity index (χ0) is 15.3. The Balaban J connectivity index is 2.87. The molecule has 0 aromatic heterocycles. The topological polar surface area (TPSA) is 127 Å². The zero-order valence-electron chi connectivity index (χ0n) is 10.1. The Morgan fingerprint density at radius 3 is 2.70 bits per heavy atom. The lowest BCUT2D eigenvalue weighted by atomic mass is 10.2. The summed E-state index contributed by atoms with van der Waals surface area (Å²) in [7, 11) is -4.01. The first-order valence-electron chi connectivity index (χ1n) is 5.38. The molecule has 0 fully saturated rings. The maximum atomic E-state index is 12.0. The molecule has 7 nitrogen and oxygen atoms in total. The lowest BCUT2D eigenvalue weighted by Crippen LogP contribution is -2.30. The molecule has 0 saturated carbocycles. The van der Waals surface area contributed by atoms with Crippen LogP contribution in [0.15, 0.2) is 23.1 Å². The number of sulfonamides is 1. The van der Waals surface area contributed by atoms with Crippen molar-refractivity contribution >= 4 is 27.6 Å². The van der Waals surface area contributed by atoms with Gasteiger partial charge in [0.25, 0.3) is 0 Å². The van der Waals surface area contributed by atoms with Gasteiger partial charge in [0.1, 0.15) is 11.0 Å². The molecule has 0 aliphatic carbocycles. The molecule has 20 heavy (non-hydrogen) atoms. The Labute approximate surface area is 120 Å². The average molecular weight is 319 g/mol. The summed E-state index contributed by atoms with van der Waals surface area (Å²) in [6.07, 6.45) is -1.95. The van der Waals surface area contributed by atoms with Crippen LogP contribution in [-0.4, -0.2) is 37.2 Å². The van der Waals surface area contributed by atoms with Crippen molar-refractivity contribution in [1.82, 2.24) is 4.72 Å². The second-order valence-electron chi connectivity index (χ2n) is 3.79. The summed E-state index contributed by atoms with van der Waals surface area (Å²) < 4.78 is 26.0. The van der Waals surface area contributed by atoms with E-state index in [1.807, 2.05) is 0 Å². The van der Waals surface area contributed by atoms with Crippen molar-refractivity contribution in [3.05, 3.63) is 28.8 Å². The highest BCUT2D eigenvalue weighted by Crippen LogP contribution is 2.20. The highest BCUT2D eigenvalue weighted by Gasteiger charge is 2.20. The number of carboxylic acid groups (broad SMARTS) is 1. The molecule has 0 unspecified atom stereocenters. The summed E-state index contributed by atoms with van der Waals surface area (Å²) in [5, 5.41) is 26.5. The SMILES string of the molecule is N#Cc1ccc(Cl)cc1S(=O)(=O)NCC[C@H](O)C(=O)O. The number of aliphatic hydroxyl groups excluding tert-OH is 1. The van der Waals surface area contributed by atoms with Gasteiger partial charge in [0.2, 0.25) is 10.0 Å². The smallest absolute Gasteiger partial charge is 0.332 e. The lowest BCUT2D eigenvalue weighted by molar-refractivity contribution is -0.146. The minimum atomic E-state index is -4.01. The number of rotatable bonds is 6. The Hall–Kier alpha value is -1.66. The van der Waals surface area contributed by atoms with Crippen molar-refractivity contribution in [3.8, 4) is 6.07 Å². The largest absolute Gasteiger partial charge is 0.479 e. The molecule has 0 amide bonds. The Morgan fingerprint density at radius 1 is 1.50 bits per heavy atom. The molecule has 1 aromatic rings. The molecule has 1 atom stereocenters. The van der Waals surface area contributed by atoms with E-state index in [0.717, 1.165) is 6.07 Å². The number of halogens is 1. The molecule has 0 saturated heterocycles. The summed E-state index contributed by atoms with van der Waals surface area (Å²) in [6, 6.07) is 5.50. The summed E-state index contributed by atoms with van der Waals surface area (Å²) in [6.45, 7) is -0.285. The van der Waals surface area contributed by atoms with Crippen LogP contribution in [0.3, 0.4) is 0 Å². The molecular weight excluding hydrogens is 308 g/mol. The summed E-state index contributed by atoms with van der Waals surface area (Å²) in [4.78, 5) is 10.1. The monoisotopic (exact) mass is 318 g/mol. The summed E-state index contributed by atoms with van der Waals surface area (Å²) in [5.74, 6) is -1.44. The number of nitrogens with one attached hydrogen (secondary N) is 1. The van der Waals surface area contributed by atoms with Crippen molar-refractivity contribution in [3.63, 3.8) is 0 Å². The second-order valence-corrected chi connectivity index (χ2v) is 5.96. The zero-order valence-corrected chi connectivity index (χ0v) is 11.6. The Bertz CT molecular complexity index is 653. The number of carbonyl (C=O) groups is 1. The van der Waals surface area contributed by atoms with Crippen LogP contribution in [0.4, 0.5) is 0 Å². The first kappa shape index (κ1) is 16.4.